The summed E-state index contributed by atoms with van der Waals surface area (Å²) in [7, 11) is 0. The Morgan fingerprint density at radius 3 is 2.12 bits per heavy atom. The van der Waals surface area contributed by atoms with Crippen molar-refractivity contribution in [1.29, 1.82) is 0 Å². The van der Waals surface area contributed by atoms with Crippen LogP contribution in [0.1, 0.15) is 13.8 Å². The Bertz CT molecular complexity index is 84.9. The highest BCUT2D eigenvalue weighted by Crippen LogP contribution is 2.02. The summed E-state index contributed by atoms with van der Waals surface area (Å²) in [6, 6.07) is -0.775. The molecule has 3 heteroatoms. The second kappa shape index (κ2) is 2.24. The van der Waals surface area contributed by atoms with Gasteiger partial charge in [-0.1, -0.05) is 0 Å². The lowest BCUT2D eigenvalue weighted by Gasteiger charge is -2.19. The third kappa shape index (κ3) is 2.04. The van der Waals surface area contributed by atoms with Crippen molar-refractivity contribution in [2.24, 2.45) is 5.73 Å². The lowest BCUT2D eigenvalue weighted by atomic mass is 10.0. The van der Waals surface area contributed by atoms with Crippen LogP contribution in [-0.4, -0.2) is 23.0 Å². The predicted molar refractivity (Wildman–Crippen MR) is 30.3 cm³/mol. The molecule has 0 spiro atoms. The Morgan fingerprint density at radius 2 is 2.12 bits per heavy atom. The summed E-state index contributed by atoms with van der Waals surface area (Å²) in [5, 5.41) is 8.93. The maximum absolute atomic E-state index is 9.87. The van der Waals surface area contributed by atoms with Gasteiger partial charge in [-0.05, 0) is 13.8 Å². The Labute approximate surface area is 48.5 Å². The molecule has 0 saturated carbocycles. The first-order valence-corrected chi connectivity index (χ1v) is 2.41. The first kappa shape index (κ1) is 7.59. The molecule has 3 N–H and O–H groups in total. The van der Waals surface area contributed by atoms with Crippen molar-refractivity contribution in [3.05, 3.63) is 0 Å². The molecule has 8 heavy (non-hydrogen) atoms. The van der Waals surface area contributed by atoms with Gasteiger partial charge in [-0.2, -0.15) is 0 Å². The lowest BCUT2D eigenvalue weighted by molar-refractivity contribution is -0.113. The molecule has 0 aliphatic carbocycles. The van der Waals surface area contributed by atoms with E-state index in [0.717, 1.165) is 0 Å². The zero-order valence-corrected chi connectivity index (χ0v) is 5.09. The van der Waals surface area contributed by atoms with Crippen LogP contribution in [0.15, 0.2) is 0 Å². The summed E-state index contributed by atoms with van der Waals surface area (Å²) in [6.45, 7) is 2.98. The van der Waals surface area contributed by atoms with E-state index in [1.165, 1.54) is 13.8 Å². The molecule has 1 unspecified atom stereocenters. The van der Waals surface area contributed by atoms with Gasteiger partial charge >= 0.3 is 0 Å². The van der Waals surface area contributed by atoms with E-state index in [2.05, 4.69) is 0 Å². The molecule has 0 aromatic carbocycles. The Morgan fingerprint density at radius 1 is 1.75 bits per heavy atom. The van der Waals surface area contributed by atoms with E-state index < -0.39 is 11.6 Å². The first-order valence-electron chi connectivity index (χ1n) is 2.41. The second-order valence-electron chi connectivity index (χ2n) is 2.32. The minimum atomic E-state index is -1.08. The van der Waals surface area contributed by atoms with E-state index in [4.69, 9.17) is 10.8 Å². The average molecular weight is 117 g/mol. The highest BCUT2D eigenvalue weighted by Gasteiger charge is 2.21. The van der Waals surface area contributed by atoms with Crippen LogP contribution in [0.2, 0.25) is 0 Å². The summed E-state index contributed by atoms with van der Waals surface area (Å²) in [5.41, 5.74) is 4.05. The summed E-state index contributed by atoms with van der Waals surface area (Å²) in [6.07, 6.45) is 0.528. The van der Waals surface area contributed by atoms with Crippen molar-refractivity contribution in [1.82, 2.24) is 0 Å². The van der Waals surface area contributed by atoms with Gasteiger partial charge in [-0.3, -0.25) is 0 Å². The number of carbonyl (C=O) groups is 1. The number of carbonyl (C=O) groups excluding carboxylic acids is 1. The van der Waals surface area contributed by atoms with Crippen molar-refractivity contribution in [2.45, 2.75) is 25.5 Å². The fourth-order valence-electron chi connectivity index (χ4n) is 0.167. The van der Waals surface area contributed by atoms with E-state index in [1.807, 2.05) is 0 Å². The molecule has 0 saturated heterocycles. The van der Waals surface area contributed by atoms with Crippen LogP contribution in [0.4, 0.5) is 0 Å². The average Bonchev–Trinajstić information content (AvgIpc) is 1.62. The Balaban J connectivity index is 3.80. The van der Waals surface area contributed by atoms with Crippen LogP contribution in [-0.2, 0) is 4.79 Å². The number of hydrogen-bond donors (Lipinski definition) is 2. The fourth-order valence-corrected chi connectivity index (χ4v) is 0.167. The highest BCUT2D eigenvalue weighted by molar-refractivity contribution is 5.59. The van der Waals surface area contributed by atoms with Gasteiger partial charge in [0.1, 0.15) is 6.29 Å². The maximum Gasteiger partial charge on any atom is 0.139 e. The molecule has 0 aliphatic rings. The smallest absolute Gasteiger partial charge is 0.139 e. The van der Waals surface area contributed by atoms with Gasteiger partial charge in [-0.25, -0.2) is 0 Å². The summed E-state index contributed by atoms with van der Waals surface area (Å²) < 4.78 is 0. The van der Waals surface area contributed by atoms with E-state index in [9.17, 15) is 4.79 Å². The van der Waals surface area contributed by atoms with Crippen LogP contribution in [0.3, 0.4) is 0 Å². The number of hydrogen-bond acceptors (Lipinski definition) is 3. The van der Waals surface area contributed by atoms with Gasteiger partial charge in [-0.15, -0.1) is 0 Å². The number of aliphatic hydroxyl groups is 1. The molecule has 0 rings (SSSR count). The van der Waals surface area contributed by atoms with Gasteiger partial charge in [0, 0.05) is 0 Å². The molecule has 1 atom stereocenters. The van der Waals surface area contributed by atoms with Gasteiger partial charge in [0.05, 0.1) is 11.6 Å². The van der Waals surface area contributed by atoms with Gasteiger partial charge in [0.25, 0.3) is 0 Å². The molecule has 0 amide bonds. The van der Waals surface area contributed by atoms with Crippen molar-refractivity contribution in [2.75, 3.05) is 0 Å². The van der Waals surface area contributed by atoms with Crippen LogP contribution >= 0.6 is 0 Å². The minimum Gasteiger partial charge on any atom is -0.388 e. The third-order valence-electron chi connectivity index (χ3n) is 0.962. The summed E-state index contributed by atoms with van der Waals surface area (Å²) >= 11 is 0. The minimum absolute atomic E-state index is 0.528. The zero-order chi connectivity index (χ0) is 6.78. The van der Waals surface area contributed by atoms with Gasteiger partial charge in [0.15, 0.2) is 0 Å². The Kier molecular flexibility index (Phi) is 2.12. The molecule has 0 aromatic heterocycles. The van der Waals surface area contributed by atoms with Crippen LogP contribution in [0.25, 0.3) is 0 Å². The standard InChI is InChI=1S/C5H11NO2/c1-5(2,8)4(6)3-7/h3-4,8H,6H2,1-2H3. The van der Waals surface area contributed by atoms with Crippen LogP contribution < -0.4 is 5.73 Å². The number of rotatable bonds is 2. The maximum atomic E-state index is 9.87. The van der Waals surface area contributed by atoms with Crippen molar-refractivity contribution < 1.29 is 9.90 Å². The topological polar surface area (TPSA) is 63.3 Å². The zero-order valence-electron chi connectivity index (χ0n) is 5.09. The van der Waals surface area contributed by atoms with Crippen molar-refractivity contribution in [3.8, 4) is 0 Å². The molecule has 3 nitrogen and oxygen atoms in total. The molecule has 48 valence electrons. The van der Waals surface area contributed by atoms with Crippen LogP contribution in [0.5, 0.6) is 0 Å². The third-order valence-corrected chi connectivity index (χ3v) is 0.962. The molecular weight excluding hydrogens is 106 g/mol. The monoisotopic (exact) mass is 117 g/mol. The van der Waals surface area contributed by atoms with E-state index in [1.54, 1.807) is 0 Å². The SMILES string of the molecule is CC(C)(O)C(N)C=O. The number of aldehydes is 1. The van der Waals surface area contributed by atoms with E-state index >= 15 is 0 Å². The summed E-state index contributed by atoms with van der Waals surface area (Å²) in [4.78, 5) is 9.87. The van der Waals surface area contributed by atoms with Crippen molar-refractivity contribution in [3.63, 3.8) is 0 Å². The Hall–Kier alpha value is -0.410. The predicted octanol–water partition coefficient (Wildman–Crippen LogP) is -0.717. The molecule has 0 heterocycles. The molecule has 0 bridgehead atoms. The highest BCUT2D eigenvalue weighted by atomic mass is 16.3. The first-order chi connectivity index (χ1) is 3.48. The molecule has 0 fully saturated rings. The second-order valence-corrected chi connectivity index (χ2v) is 2.32. The molecule has 0 aromatic rings. The largest absolute Gasteiger partial charge is 0.388 e. The molecule has 0 aliphatic heterocycles. The quantitative estimate of drug-likeness (QED) is 0.469. The molecule has 0 radical (unpaired) electrons. The molecular formula is C5H11NO2. The number of nitrogens with two attached hydrogens (primary N) is 1. The van der Waals surface area contributed by atoms with Crippen molar-refractivity contribution >= 4 is 6.29 Å². The van der Waals surface area contributed by atoms with Gasteiger partial charge < -0.3 is 15.6 Å². The van der Waals surface area contributed by atoms with E-state index in [-0.39, 0.29) is 0 Å². The van der Waals surface area contributed by atoms with E-state index in [0.29, 0.717) is 6.29 Å². The van der Waals surface area contributed by atoms with Crippen LogP contribution in [0, 0.1) is 0 Å². The summed E-state index contributed by atoms with van der Waals surface area (Å²) in [5.74, 6) is 0. The van der Waals surface area contributed by atoms with Gasteiger partial charge in [0.2, 0.25) is 0 Å². The fraction of sp³-hybridized carbons (Fsp3) is 0.800. The lowest BCUT2D eigenvalue weighted by Crippen LogP contribution is -2.44. The normalized spacial score (nSPS) is 15.5.